The summed E-state index contributed by atoms with van der Waals surface area (Å²) in [6, 6.07) is 7.02. The Kier molecular flexibility index (Phi) is 4.98. The second-order valence-corrected chi connectivity index (χ2v) is 5.24. The highest BCUT2D eigenvalue weighted by Crippen LogP contribution is 2.30. The second kappa shape index (κ2) is 6.92. The van der Waals surface area contributed by atoms with E-state index >= 15 is 0 Å². The van der Waals surface area contributed by atoms with Gasteiger partial charge in [0.1, 0.15) is 6.04 Å². The van der Waals surface area contributed by atoms with Crippen LogP contribution in [0.5, 0.6) is 0 Å². The molecule has 112 valence electrons. The maximum absolute atomic E-state index is 11.8. The zero-order valence-corrected chi connectivity index (χ0v) is 12.2. The van der Waals surface area contributed by atoms with E-state index in [-0.39, 0.29) is 23.8 Å². The molecule has 1 aliphatic rings. The van der Waals surface area contributed by atoms with Crippen LogP contribution in [0.4, 0.5) is 11.4 Å². The van der Waals surface area contributed by atoms with Gasteiger partial charge in [0.25, 0.3) is 0 Å². The molecule has 0 bridgehead atoms. The van der Waals surface area contributed by atoms with Gasteiger partial charge in [-0.3, -0.25) is 9.59 Å². The van der Waals surface area contributed by atoms with Gasteiger partial charge >= 0.3 is 0 Å². The highest BCUT2D eigenvalue weighted by Gasteiger charge is 2.29. The highest BCUT2D eigenvalue weighted by molar-refractivity contribution is 5.94. The van der Waals surface area contributed by atoms with Gasteiger partial charge < -0.3 is 16.0 Å². The molecule has 1 aliphatic carbocycles. The first-order valence-corrected chi connectivity index (χ1v) is 7.16. The van der Waals surface area contributed by atoms with E-state index in [0.29, 0.717) is 6.54 Å². The number of hydrogen-bond donors (Lipinski definition) is 3. The molecule has 5 heteroatoms. The number of amides is 2. The Hall–Kier alpha value is -2.30. The first-order chi connectivity index (χ1) is 10.1. The van der Waals surface area contributed by atoms with E-state index in [9.17, 15) is 9.59 Å². The molecule has 0 heterocycles. The van der Waals surface area contributed by atoms with Crippen molar-refractivity contribution in [2.45, 2.75) is 25.8 Å². The number of carbonyl (C=O) groups excluding carboxylic acids is 2. The van der Waals surface area contributed by atoms with E-state index in [0.717, 1.165) is 24.2 Å². The fourth-order valence-electron chi connectivity index (χ4n) is 1.92. The Morgan fingerprint density at radius 1 is 1.38 bits per heavy atom. The molecular formula is C16H21N3O2. The minimum atomic E-state index is -0.362. The van der Waals surface area contributed by atoms with Gasteiger partial charge in [0.15, 0.2) is 0 Å². The topological polar surface area (TPSA) is 70.2 Å². The SMILES string of the molecule is C=CCNC(=O)C(C)Nc1cccc(NC(=O)C2CC2)c1. The van der Waals surface area contributed by atoms with Crippen molar-refractivity contribution in [3.8, 4) is 0 Å². The standard InChI is InChI=1S/C16H21N3O2/c1-3-9-17-15(20)11(2)18-13-5-4-6-14(10-13)19-16(21)12-7-8-12/h3-6,10-12,18H,1,7-9H2,2H3,(H,17,20)(H,19,21). The Morgan fingerprint density at radius 3 is 2.76 bits per heavy atom. The predicted molar refractivity (Wildman–Crippen MR) is 84.1 cm³/mol. The number of rotatable bonds is 7. The van der Waals surface area contributed by atoms with Crippen molar-refractivity contribution in [2.75, 3.05) is 17.2 Å². The van der Waals surface area contributed by atoms with Crippen LogP contribution in [0.3, 0.4) is 0 Å². The summed E-state index contributed by atoms with van der Waals surface area (Å²) in [6.45, 7) is 5.79. The van der Waals surface area contributed by atoms with Crippen LogP contribution < -0.4 is 16.0 Å². The molecule has 21 heavy (non-hydrogen) atoms. The summed E-state index contributed by atoms with van der Waals surface area (Å²) >= 11 is 0. The van der Waals surface area contributed by atoms with Crippen molar-refractivity contribution >= 4 is 23.2 Å². The third kappa shape index (κ3) is 4.63. The molecule has 0 spiro atoms. The molecule has 0 aromatic heterocycles. The van der Waals surface area contributed by atoms with Crippen molar-refractivity contribution in [2.24, 2.45) is 5.92 Å². The van der Waals surface area contributed by atoms with Gasteiger partial charge in [0, 0.05) is 23.8 Å². The summed E-state index contributed by atoms with van der Waals surface area (Å²) in [7, 11) is 0. The summed E-state index contributed by atoms with van der Waals surface area (Å²) < 4.78 is 0. The lowest BCUT2D eigenvalue weighted by molar-refractivity contribution is -0.121. The molecule has 1 atom stereocenters. The van der Waals surface area contributed by atoms with Crippen LogP contribution in [0.2, 0.25) is 0 Å². The lowest BCUT2D eigenvalue weighted by Gasteiger charge is -2.15. The summed E-state index contributed by atoms with van der Waals surface area (Å²) in [5, 5.41) is 8.73. The van der Waals surface area contributed by atoms with Crippen LogP contribution in [0.15, 0.2) is 36.9 Å². The minimum Gasteiger partial charge on any atom is -0.374 e. The molecule has 5 nitrogen and oxygen atoms in total. The summed E-state index contributed by atoms with van der Waals surface area (Å²) in [5.41, 5.74) is 1.54. The van der Waals surface area contributed by atoms with Crippen molar-refractivity contribution in [1.82, 2.24) is 5.32 Å². The van der Waals surface area contributed by atoms with Gasteiger partial charge in [-0.15, -0.1) is 6.58 Å². The Morgan fingerprint density at radius 2 is 2.10 bits per heavy atom. The third-order valence-corrected chi connectivity index (χ3v) is 3.28. The molecule has 1 aromatic carbocycles. The molecule has 0 saturated heterocycles. The van der Waals surface area contributed by atoms with Gasteiger partial charge in [-0.2, -0.15) is 0 Å². The Labute approximate surface area is 124 Å². The summed E-state index contributed by atoms with van der Waals surface area (Å²) in [5.74, 6) is 0.150. The monoisotopic (exact) mass is 287 g/mol. The zero-order chi connectivity index (χ0) is 15.2. The summed E-state index contributed by atoms with van der Waals surface area (Å²) in [6.07, 6.45) is 3.59. The fraction of sp³-hybridized carbons (Fsp3) is 0.375. The Balaban J connectivity index is 1.91. The molecule has 2 amide bonds. The van der Waals surface area contributed by atoms with Crippen molar-refractivity contribution in [1.29, 1.82) is 0 Å². The van der Waals surface area contributed by atoms with Crippen molar-refractivity contribution < 1.29 is 9.59 Å². The lowest BCUT2D eigenvalue weighted by Crippen LogP contribution is -2.37. The van der Waals surface area contributed by atoms with Gasteiger partial charge in [-0.1, -0.05) is 12.1 Å². The maximum atomic E-state index is 11.8. The molecule has 1 saturated carbocycles. The summed E-state index contributed by atoms with van der Waals surface area (Å²) in [4.78, 5) is 23.5. The minimum absolute atomic E-state index is 0.0731. The van der Waals surface area contributed by atoms with Crippen LogP contribution >= 0.6 is 0 Å². The number of carbonyl (C=O) groups is 2. The average Bonchev–Trinajstić information content (AvgIpc) is 3.29. The molecule has 1 aromatic rings. The smallest absolute Gasteiger partial charge is 0.242 e. The quantitative estimate of drug-likeness (QED) is 0.673. The normalized spacial score (nSPS) is 14.9. The van der Waals surface area contributed by atoms with Crippen LogP contribution in [-0.4, -0.2) is 24.4 Å². The van der Waals surface area contributed by atoms with Crippen LogP contribution in [0.25, 0.3) is 0 Å². The number of anilines is 2. The molecule has 2 rings (SSSR count). The van der Waals surface area contributed by atoms with Gasteiger partial charge in [-0.25, -0.2) is 0 Å². The van der Waals surface area contributed by atoms with E-state index < -0.39 is 0 Å². The van der Waals surface area contributed by atoms with Gasteiger partial charge in [0.05, 0.1) is 0 Å². The lowest BCUT2D eigenvalue weighted by atomic mass is 10.2. The average molecular weight is 287 g/mol. The van der Waals surface area contributed by atoms with E-state index in [4.69, 9.17) is 0 Å². The highest BCUT2D eigenvalue weighted by atomic mass is 16.2. The first-order valence-electron chi connectivity index (χ1n) is 7.16. The van der Waals surface area contributed by atoms with Crippen molar-refractivity contribution in [3.05, 3.63) is 36.9 Å². The second-order valence-electron chi connectivity index (χ2n) is 5.24. The molecule has 0 radical (unpaired) electrons. The van der Waals surface area contributed by atoms with Gasteiger partial charge in [-0.05, 0) is 38.0 Å². The number of hydrogen-bond acceptors (Lipinski definition) is 3. The molecule has 3 N–H and O–H groups in total. The largest absolute Gasteiger partial charge is 0.374 e. The maximum Gasteiger partial charge on any atom is 0.242 e. The first kappa shape index (κ1) is 15.1. The van der Waals surface area contributed by atoms with Gasteiger partial charge in [0.2, 0.25) is 11.8 Å². The van der Waals surface area contributed by atoms with E-state index in [1.54, 1.807) is 13.0 Å². The van der Waals surface area contributed by atoms with Crippen LogP contribution in [-0.2, 0) is 9.59 Å². The number of nitrogens with one attached hydrogen (secondary N) is 3. The van der Waals surface area contributed by atoms with E-state index in [2.05, 4.69) is 22.5 Å². The van der Waals surface area contributed by atoms with Crippen molar-refractivity contribution in [3.63, 3.8) is 0 Å². The molecule has 1 unspecified atom stereocenters. The molecule has 1 fully saturated rings. The molecule has 0 aliphatic heterocycles. The molecular weight excluding hydrogens is 266 g/mol. The fourth-order valence-corrected chi connectivity index (χ4v) is 1.92. The zero-order valence-electron chi connectivity index (χ0n) is 12.2. The number of benzene rings is 1. The van der Waals surface area contributed by atoms with E-state index in [1.165, 1.54) is 0 Å². The third-order valence-electron chi connectivity index (χ3n) is 3.28. The van der Waals surface area contributed by atoms with E-state index in [1.807, 2.05) is 24.3 Å². The van der Waals surface area contributed by atoms with Crippen LogP contribution in [0.1, 0.15) is 19.8 Å². The predicted octanol–water partition coefficient (Wildman–Crippen LogP) is 2.14. The Bertz CT molecular complexity index is 538. The van der Waals surface area contributed by atoms with Crippen LogP contribution in [0, 0.1) is 5.92 Å².